The summed E-state index contributed by atoms with van der Waals surface area (Å²) >= 11 is 1.35. The van der Waals surface area contributed by atoms with Gasteiger partial charge < -0.3 is 19.5 Å². The van der Waals surface area contributed by atoms with E-state index in [0.29, 0.717) is 28.1 Å². The molecule has 186 valence electrons. The Balaban J connectivity index is 1.49. The number of amides is 1. The fourth-order valence-corrected chi connectivity index (χ4v) is 4.90. The van der Waals surface area contributed by atoms with Crippen molar-refractivity contribution in [1.29, 1.82) is 0 Å². The summed E-state index contributed by atoms with van der Waals surface area (Å²) in [5, 5.41) is 12.5. The summed E-state index contributed by atoms with van der Waals surface area (Å²) in [6.45, 7) is 2.88. The molecule has 10 heteroatoms. The number of thioether (sulfide) groups is 1. The van der Waals surface area contributed by atoms with Gasteiger partial charge in [-0.1, -0.05) is 36.4 Å². The molecule has 1 aliphatic rings. The van der Waals surface area contributed by atoms with Crippen molar-refractivity contribution < 1.29 is 19.0 Å². The molecular weight excluding hydrogens is 466 g/mol. The van der Waals surface area contributed by atoms with Crippen molar-refractivity contribution in [2.45, 2.75) is 31.0 Å². The number of aromatic nitrogens is 3. The summed E-state index contributed by atoms with van der Waals surface area (Å²) < 4.78 is 18.1. The quantitative estimate of drug-likeness (QED) is 0.420. The number of anilines is 1. The van der Waals surface area contributed by atoms with Crippen LogP contribution in [0.1, 0.15) is 25.1 Å². The van der Waals surface area contributed by atoms with E-state index in [4.69, 9.17) is 14.2 Å². The van der Waals surface area contributed by atoms with Crippen LogP contribution < -0.4 is 19.5 Å². The number of hydrogen-bond acceptors (Lipinski definition) is 8. The third-order valence-electron chi connectivity index (χ3n) is 5.81. The van der Waals surface area contributed by atoms with Gasteiger partial charge in [0.05, 0.1) is 33.6 Å². The standard InChI is InChI=1S/C25H31N5O4S/c1-32-20-14-18(15-21(33-2)24(20)34-3)26-23(31)17-35-25-28-27-22(16-29-12-8-5-9-13-29)30(25)19-10-6-4-7-11-19/h4,6-7,10-11,14-15H,5,8-9,12-13,16-17H2,1-3H3,(H,26,31). The minimum absolute atomic E-state index is 0.172. The molecule has 0 bridgehead atoms. The zero-order chi connectivity index (χ0) is 24.6. The molecule has 1 aliphatic heterocycles. The smallest absolute Gasteiger partial charge is 0.234 e. The molecule has 2 aromatic carbocycles. The Labute approximate surface area is 209 Å². The number of nitrogens with zero attached hydrogens (tertiary/aromatic N) is 4. The molecule has 0 radical (unpaired) electrons. The van der Waals surface area contributed by atoms with Gasteiger partial charge in [0, 0.05) is 23.5 Å². The van der Waals surface area contributed by atoms with Crippen molar-refractivity contribution in [2.75, 3.05) is 45.5 Å². The lowest BCUT2D eigenvalue weighted by Crippen LogP contribution is -2.30. The highest BCUT2D eigenvalue weighted by Gasteiger charge is 2.20. The second-order valence-corrected chi connectivity index (χ2v) is 9.10. The van der Waals surface area contributed by atoms with Crippen molar-refractivity contribution in [3.63, 3.8) is 0 Å². The van der Waals surface area contributed by atoms with Gasteiger partial charge in [0.1, 0.15) is 0 Å². The van der Waals surface area contributed by atoms with Crippen molar-refractivity contribution in [2.24, 2.45) is 0 Å². The van der Waals surface area contributed by atoms with Crippen LogP contribution in [0.4, 0.5) is 5.69 Å². The van der Waals surface area contributed by atoms with E-state index in [1.807, 2.05) is 34.9 Å². The highest BCUT2D eigenvalue weighted by Crippen LogP contribution is 2.40. The maximum Gasteiger partial charge on any atom is 0.234 e. The summed E-state index contributed by atoms with van der Waals surface area (Å²) in [5.74, 6) is 2.29. The summed E-state index contributed by atoms with van der Waals surface area (Å²) in [6.07, 6.45) is 3.70. The van der Waals surface area contributed by atoms with Crippen LogP contribution in [0.15, 0.2) is 47.6 Å². The Morgan fingerprint density at radius 3 is 2.29 bits per heavy atom. The molecule has 0 spiro atoms. The number of hydrogen-bond donors (Lipinski definition) is 1. The normalized spacial score (nSPS) is 13.9. The van der Waals surface area contributed by atoms with Crippen molar-refractivity contribution in [3.8, 4) is 22.9 Å². The maximum atomic E-state index is 12.8. The largest absolute Gasteiger partial charge is 0.493 e. The Hall–Kier alpha value is -3.24. The first-order valence-corrected chi connectivity index (χ1v) is 12.6. The Morgan fingerprint density at radius 1 is 0.971 bits per heavy atom. The van der Waals surface area contributed by atoms with E-state index in [2.05, 4.69) is 20.4 Å². The second-order valence-electron chi connectivity index (χ2n) is 8.16. The lowest BCUT2D eigenvalue weighted by Gasteiger charge is -2.26. The summed E-state index contributed by atoms with van der Waals surface area (Å²) in [5.41, 5.74) is 1.54. The van der Waals surface area contributed by atoms with Crippen LogP contribution in [0, 0.1) is 0 Å². The van der Waals surface area contributed by atoms with Crippen LogP contribution >= 0.6 is 11.8 Å². The number of carbonyl (C=O) groups is 1. The third kappa shape index (κ3) is 6.07. The van der Waals surface area contributed by atoms with E-state index in [1.54, 1.807) is 12.1 Å². The molecule has 1 aromatic heterocycles. The molecule has 3 aromatic rings. The molecule has 0 unspecified atom stereocenters. The van der Waals surface area contributed by atoms with Gasteiger partial charge in [-0.25, -0.2) is 0 Å². The number of benzene rings is 2. The molecule has 9 nitrogen and oxygen atoms in total. The van der Waals surface area contributed by atoms with E-state index >= 15 is 0 Å². The van der Waals surface area contributed by atoms with Crippen LogP contribution in [-0.2, 0) is 11.3 Å². The minimum atomic E-state index is -0.176. The SMILES string of the molecule is COc1cc(NC(=O)CSc2nnc(CN3CCCCC3)n2-c2ccccc2)cc(OC)c1OC. The number of ether oxygens (including phenoxy) is 3. The predicted molar refractivity (Wildman–Crippen MR) is 136 cm³/mol. The molecule has 35 heavy (non-hydrogen) atoms. The second kappa shape index (κ2) is 11.9. The summed E-state index contributed by atoms with van der Waals surface area (Å²) in [4.78, 5) is 15.2. The van der Waals surface area contributed by atoms with Crippen LogP contribution in [0.2, 0.25) is 0 Å². The minimum Gasteiger partial charge on any atom is -0.493 e. The average molecular weight is 498 g/mol. The van der Waals surface area contributed by atoms with Gasteiger partial charge >= 0.3 is 0 Å². The molecule has 4 rings (SSSR count). The average Bonchev–Trinajstić information content (AvgIpc) is 3.30. The molecule has 0 aliphatic carbocycles. The Kier molecular flexibility index (Phi) is 8.49. The van der Waals surface area contributed by atoms with E-state index in [-0.39, 0.29) is 11.7 Å². The predicted octanol–water partition coefficient (Wildman–Crippen LogP) is 4.01. The van der Waals surface area contributed by atoms with E-state index in [0.717, 1.165) is 31.1 Å². The van der Waals surface area contributed by atoms with Gasteiger partial charge in [0.25, 0.3) is 0 Å². The molecular formula is C25H31N5O4S. The van der Waals surface area contributed by atoms with Crippen molar-refractivity contribution in [3.05, 3.63) is 48.3 Å². The fourth-order valence-electron chi connectivity index (χ4n) is 4.13. The highest BCUT2D eigenvalue weighted by molar-refractivity contribution is 7.99. The van der Waals surface area contributed by atoms with Crippen LogP contribution in [0.5, 0.6) is 17.2 Å². The Morgan fingerprint density at radius 2 is 1.66 bits per heavy atom. The van der Waals surface area contributed by atoms with Gasteiger partial charge in [-0.15, -0.1) is 10.2 Å². The number of nitrogens with one attached hydrogen (secondary N) is 1. The molecule has 0 saturated carbocycles. The zero-order valence-electron chi connectivity index (χ0n) is 20.3. The fraction of sp³-hybridized carbons (Fsp3) is 0.400. The van der Waals surface area contributed by atoms with Gasteiger partial charge in [-0.2, -0.15) is 0 Å². The van der Waals surface area contributed by atoms with E-state index in [1.165, 1.54) is 52.4 Å². The van der Waals surface area contributed by atoms with Crippen LogP contribution in [0.25, 0.3) is 5.69 Å². The monoisotopic (exact) mass is 497 g/mol. The molecule has 1 saturated heterocycles. The number of likely N-dealkylation sites (tertiary alicyclic amines) is 1. The third-order valence-corrected chi connectivity index (χ3v) is 6.74. The lowest BCUT2D eigenvalue weighted by molar-refractivity contribution is -0.113. The van der Waals surface area contributed by atoms with Gasteiger partial charge in [-0.05, 0) is 38.1 Å². The summed E-state index contributed by atoms with van der Waals surface area (Å²) in [7, 11) is 4.62. The zero-order valence-corrected chi connectivity index (χ0v) is 21.1. The number of rotatable bonds is 10. The molecule has 1 N–H and O–H groups in total. The highest BCUT2D eigenvalue weighted by atomic mass is 32.2. The number of piperidine rings is 1. The number of methoxy groups -OCH3 is 3. The number of carbonyl (C=O) groups excluding carboxylic acids is 1. The van der Waals surface area contributed by atoms with Gasteiger partial charge in [0.2, 0.25) is 11.7 Å². The molecule has 0 atom stereocenters. The topological polar surface area (TPSA) is 90.7 Å². The first-order chi connectivity index (χ1) is 17.1. The maximum absolute atomic E-state index is 12.8. The molecule has 1 fully saturated rings. The number of para-hydroxylation sites is 1. The van der Waals surface area contributed by atoms with Gasteiger partial charge in [-0.3, -0.25) is 14.3 Å². The van der Waals surface area contributed by atoms with Crippen molar-refractivity contribution >= 4 is 23.4 Å². The molecule has 1 amide bonds. The Bertz CT molecular complexity index is 1110. The van der Waals surface area contributed by atoms with Crippen molar-refractivity contribution in [1.82, 2.24) is 19.7 Å². The first-order valence-electron chi connectivity index (χ1n) is 11.6. The van der Waals surface area contributed by atoms with E-state index < -0.39 is 0 Å². The molecule has 2 heterocycles. The van der Waals surface area contributed by atoms with Crippen LogP contribution in [-0.4, -0.2) is 65.7 Å². The summed E-state index contributed by atoms with van der Waals surface area (Å²) in [6, 6.07) is 13.4. The first kappa shape index (κ1) is 24.9. The van der Waals surface area contributed by atoms with E-state index in [9.17, 15) is 4.79 Å². The lowest BCUT2D eigenvalue weighted by atomic mass is 10.1. The van der Waals surface area contributed by atoms with Gasteiger partial charge in [0.15, 0.2) is 22.5 Å². The van der Waals surface area contributed by atoms with Crippen LogP contribution in [0.3, 0.4) is 0 Å².